The van der Waals surface area contributed by atoms with Gasteiger partial charge in [0.2, 0.25) is 0 Å². The summed E-state index contributed by atoms with van der Waals surface area (Å²) >= 11 is 13.3. The Bertz CT molecular complexity index is 1960. The summed E-state index contributed by atoms with van der Waals surface area (Å²) in [6, 6.07) is 18.1. The number of rotatable bonds is 14. The van der Waals surface area contributed by atoms with Crippen molar-refractivity contribution in [3.05, 3.63) is 107 Å². The number of phenols is 3. The third-order valence-electron chi connectivity index (χ3n) is 7.24. The highest BCUT2D eigenvalue weighted by atomic mass is 79.9. The summed E-state index contributed by atoms with van der Waals surface area (Å²) in [5, 5.41) is 60.9. The molecule has 2 amide bonds. The molecule has 12 nitrogen and oxygen atoms in total. The van der Waals surface area contributed by atoms with Crippen LogP contribution in [0.3, 0.4) is 0 Å². The van der Waals surface area contributed by atoms with E-state index in [1.807, 2.05) is 0 Å². The molecule has 0 aliphatic carbocycles. The Morgan fingerprint density at radius 3 is 1.52 bits per heavy atom. The van der Waals surface area contributed by atoms with Crippen LogP contribution in [0.25, 0.3) is 0 Å². The van der Waals surface area contributed by atoms with Crippen molar-refractivity contribution in [1.82, 2.24) is 10.6 Å². The molecule has 0 atom stereocenters. The van der Waals surface area contributed by atoms with Gasteiger partial charge in [-0.25, -0.2) is 0 Å². The van der Waals surface area contributed by atoms with Crippen LogP contribution in [0.5, 0.6) is 28.7 Å². The van der Waals surface area contributed by atoms with E-state index in [2.05, 4.69) is 84.7 Å². The maximum Gasteiger partial charge on any atom is 0.269 e. The van der Waals surface area contributed by atoms with Crippen LogP contribution >= 0.6 is 63.7 Å². The van der Waals surface area contributed by atoms with Gasteiger partial charge < -0.3 is 41.1 Å². The number of carbonyl (C=O) groups excluding carboxylic acids is 2. The van der Waals surface area contributed by atoms with Crippen molar-refractivity contribution in [3.63, 3.8) is 0 Å². The molecule has 4 rings (SSSR count). The van der Waals surface area contributed by atoms with Crippen molar-refractivity contribution in [2.45, 2.75) is 25.7 Å². The monoisotopic (exact) mass is 938 g/mol. The highest BCUT2D eigenvalue weighted by Crippen LogP contribution is 2.40. The van der Waals surface area contributed by atoms with Gasteiger partial charge in [0, 0.05) is 25.9 Å². The van der Waals surface area contributed by atoms with Crippen molar-refractivity contribution >= 4 is 87.0 Å². The number of benzene rings is 4. The van der Waals surface area contributed by atoms with Gasteiger partial charge in [0.25, 0.3) is 11.8 Å². The van der Waals surface area contributed by atoms with Crippen LogP contribution in [0, 0.1) is 0 Å². The summed E-state index contributed by atoms with van der Waals surface area (Å²) in [6.07, 6.45) is 0.894. The first-order valence-electron chi connectivity index (χ1n) is 14.8. The SMILES string of the molecule is O=C(NCCc1ccc(O)c(Br)c1)/C(Cc1ccc(Oc2cc(C/C(=N\O)C(=O)NCCc3ccc(O)c(Br)c3)cc(Br)c2O)c(Br)c1)=N/O. The Balaban J connectivity index is 1.36. The molecule has 50 heavy (non-hydrogen) atoms. The molecule has 0 radical (unpaired) electrons. The molecular weight excluding hydrogens is 912 g/mol. The second-order valence-electron chi connectivity index (χ2n) is 10.8. The van der Waals surface area contributed by atoms with E-state index in [0.717, 1.165) is 11.1 Å². The number of hydrogen-bond donors (Lipinski definition) is 7. The molecule has 0 aliphatic rings. The zero-order valence-electron chi connectivity index (χ0n) is 26.0. The lowest BCUT2D eigenvalue weighted by Gasteiger charge is -2.14. The van der Waals surface area contributed by atoms with Crippen molar-refractivity contribution in [2.24, 2.45) is 10.3 Å². The van der Waals surface area contributed by atoms with Gasteiger partial charge >= 0.3 is 0 Å². The number of amides is 2. The van der Waals surface area contributed by atoms with Crippen LogP contribution < -0.4 is 15.4 Å². The lowest BCUT2D eigenvalue weighted by Crippen LogP contribution is -2.33. The number of phenolic OH excluding ortho intramolecular Hbond substituents is 3. The number of carbonyl (C=O) groups is 2. The molecule has 0 saturated heterocycles. The Morgan fingerprint density at radius 1 is 0.580 bits per heavy atom. The third kappa shape index (κ3) is 10.7. The van der Waals surface area contributed by atoms with Crippen LogP contribution in [0.4, 0.5) is 0 Å². The Hall–Kier alpha value is -4.12. The van der Waals surface area contributed by atoms with Gasteiger partial charge in [-0.2, -0.15) is 0 Å². The number of oxime groups is 2. The van der Waals surface area contributed by atoms with E-state index in [9.17, 15) is 35.3 Å². The third-order valence-corrected chi connectivity index (χ3v) is 9.73. The van der Waals surface area contributed by atoms with Gasteiger partial charge in [-0.05, 0) is 147 Å². The number of nitrogens with one attached hydrogen (secondary N) is 2. The van der Waals surface area contributed by atoms with E-state index < -0.39 is 11.8 Å². The predicted octanol–water partition coefficient (Wildman–Crippen LogP) is 7.11. The summed E-state index contributed by atoms with van der Waals surface area (Å²) in [4.78, 5) is 25.4. The van der Waals surface area contributed by atoms with Crippen molar-refractivity contribution in [1.29, 1.82) is 0 Å². The summed E-state index contributed by atoms with van der Waals surface area (Å²) in [7, 11) is 0. The highest BCUT2D eigenvalue weighted by Gasteiger charge is 2.19. The van der Waals surface area contributed by atoms with Crippen LogP contribution in [0.2, 0.25) is 0 Å². The molecule has 0 aromatic heterocycles. The smallest absolute Gasteiger partial charge is 0.269 e. The molecule has 4 aromatic carbocycles. The minimum absolute atomic E-state index is 0.01000. The zero-order chi connectivity index (χ0) is 36.4. The molecule has 0 unspecified atom stereocenters. The first-order chi connectivity index (χ1) is 23.9. The molecule has 0 saturated carbocycles. The lowest BCUT2D eigenvalue weighted by atomic mass is 10.1. The van der Waals surface area contributed by atoms with Crippen LogP contribution in [0.15, 0.2) is 94.9 Å². The summed E-state index contributed by atoms with van der Waals surface area (Å²) < 4.78 is 7.82. The average Bonchev–Trinajstić information content (AvgIpc) is 3.08. The molecule has 0 spiro atoms. The summed E-state index contributed by atoms with van der Waals surface area (Å²) in [6.45, 7) is 0.529. The molecule has 262 valence electrons. The van der Waals surface area contributed by atoms with Gasteiger partial charge in [-0.3, -0.25) is 9.59 Å². The van der Waals surface area contributed by atoms with Crippen molar-refractivity contribution in [2.75, 3.05) is 13.1 Å². The van der Waals surface area contributed by atoms with Gasteiger partial charge in [0.1, 0.15) is 28.7 Å². The molecule has 0 aliphatic heterocycles. The number of hydrogen-bond acceptors (Lipinski definition) is 10. The van der Waals surface area contributed by atoms with Crippen LogP contribution in [-0.2, 0) is 35.3 Å². The topological polar surface area (TPSA) is 193 Å². The fourth-order valence-electron chi connectivity index (χ4n) is 4.63. The zero-order valence-corrected chi connectivity index (χ0v) is 32.3. The molecule has 7 N–H and O–H groups in total. The Labute approximate surface area is 320 Å². The lowest BCUT2D eigenvalue weighted by molar-refractivity contribution is -0.115. The first kappa shape index (κ1) is 38.7. The van der Waals surface area contributed by atoms with E-state index >= 15 is 0 Å². The van der Waals surface area contributed by atoms with Gasteiger partial charge in [-0.1, -0.05) is 28.5 Å². The molecular formula is C34H30Br4N4O8. The Kier molecular flexibility index (Phi) is 14.1. The van der Waals surface area contributed by atoms with E-state index in [1.165, 1.54) is 6.07 Å². The van der Waals surface area contributed by atoms with E-state index in [-0.39, 0.29) is 64.8 Å². The van der Waals surface area contributed by atoms with Gasteiger partial charge in [0.15, 0.2) is 11.5 Å². The molecule has 0 heterocycles. The van der Waals surface area contributed by atoms with E-state index in [1.54, 1.807) is 60.7 Å². The number of nitrogens with zero attached hydrogens (tertiary/aromatic N) is 2. The molecule has 4 aromatic rings. The molecule has 0 bridgehead atoms. The number of halogens is 4. The van der Waals surface area contributed by atoms with E-state index in [4.69, 9.17) is 4.74 Å². The minimum Gasteiger partial charge on any atom is -0.507 e. The second-order valence-corrected chi connectivity index (χ2v) is 14.2. The van der Waals surface area contributed by atoms with Crippen molar-refractivity contribution in [3.8, 4) is 28.7 Å². The largest absolute Gasteiger partial charge is 0.507 e. The number of aromatic hydroxyl groups is 3. The van der Waals surface area contributed by atoms with E-state index in [0.29, 0.717) is 43.1 Å². The highest BCUT2D eigenvalue weighted by molar-refractivity contribution is 9.11. The second kappa shape index (κ2) is 18.2. The maximum atomic E-state index is 12.8. The summed E-state index contributed by atoms with van der Waals surface area (Å²) in [5.41, 5.74) is 2.62. The average molecular weight is 942 g/mol. The Morgan fingerprint density at radius 2 is 1.04 bits per heavy atom. The standard InChI is InChI=1S/C34H30Br4N4O8/c35-22-11-18(1-4-28(22)43)7-9-39-33(46)26(41-48)15-20-3-6-30(24(37)13-20)50-31-17-21(14-25(38)32(31)45)16-27(42-49)34(47)40-10-8-19-2-5-29(44)23(36)12-19/h1-6,11-14,17,43-45,48-49H,7-10,15-16H2,(H,39,46)(H,40,47)/b41-26+,42-27+. The minimum atomic E-state index is -0.583. The summed E-state index contributed by atoms with van der Waals surface area (Å²) in [5.74, 6) is -0.740. The predicted molar refractivity (Wildman–Crippen MR) is 201 cm³/mol. The first-order valence-corrected chi connectivity index (χ1v) is 18.0. The fourth-order valence-corrected chi connectivity index (χ4v) is 6.48. The van der Waals surface area contributed by atoms with Crippen LogP contribution in [0.1, 0.15) is 22.3 Å². The van der Waals surface area contributed by atoms with Gasteiger partial charge in [-0.15, -0.1) is 0 Å². The van der Waals surface area contributed by atoms with Crippen molar-refractivity contribution < 1.29 is 40.1 Å². The normalized spacial score (nSPS) is 11.7. The maximum absolute atomic E-state index is 12.8. The van der Waals surface area contributed by atoms with Crippen LogP contribution in [-0.4, -0.2) is 62.1 Å². The molecule has 16 heteroatoms. The quantitative estimate of drug-likeness (QED) is 0.0395. The van der Waals surface area contributed by atoms with Gasteiger partial charge in [0.05, 0.1) is 17.9 Å². The number of ether oxygens (including phenoxy) is 1. The fraction of sp³-hybridized carbons (Fsp3) is 0.176. The molecule has 0 fully saturated rings.